The summed E-state index contributed by atoms with van der Waals surface area (Å²) in [6.45, 7) is 5.61. The molecule has 0 aliphatic carbocycles. The molecule has 0 aromatic heterocycles. The molecule has 0 saturated heterocycles. The Kier molecular flexibility index (Phi) is 2.36. The molecule has 1 aliphatic rings. The van der Waals surface area contributed by atoms with Gasteiger partial charge in [0.25, 0.3) is 5.79 Å². The molecule has 2 rings (SSSR count). The monoisotopic (exact) mass is 206 g/mol. The average Bonchev–Trinajstić information content (AvgIpc) is 2.20. The fourth-order valence-electron chi connectivity index (χ4n) is 1.19. The Bertz CT molecular complexity index is 382. The van der Waals surface area contributed by atoms with Gasteiger partial charge in [0.1, 0.15) is 0 Å². The van der Waals surface area contributed by atoms with Crippen LogP contribution in [0.25, 0.3) is 0 Å². The number of aryl methyl sites for hydroxylation is 1. The maximum absolute atomic E-state index is 5.26. The molecule has 0 amide bonds. The zero-order valence-corrected chi connectivity index (χ0v) is 9.07. The standard InChI is InChI=1S/C11H14N2O2/c1-8-4-6-9(7-5-8)10-12-14-11(2,3)15-13-10/h4-7H,1-3H3,(H,12,13). The average molecular weight is 206 g/mol. The number of rotatable bonds is 1. The summed E-state index contributed by atoms with van der Waals surface area (Å²) < 4.78 is 0. The van der Waals surface area contributed by atoms with Gasteiger partial charge in [-0.25, -0.2) is 10.3 Å². The second kappa shape index (κ2) is 3.55. The van der Waals surface area contributed by atoms with E-state index in [1.807, 2.05) is 31.2 Å². The second-order valence-corrected chi connectivity index (χ2v) is 4.00. The number of amidine groups is 1. The number of benzene rings is 1. The normalized spacial score (nSPS) is 18.7. The van der Waals surface area contributed by atoms with Crippen LogP contribution in [0.15, 0.2) is 29.4 Å². The maximum atomic E-state index is 5.26. The van der Waals surface area contributed by atoms with E-state index in [2.05, 4.69) is 10.6 Å². The van der Waals surface area contributed by atoms with Gasteiger partial charge in [-0.1, -0.05) is 35.0 Å². The fourth-order valence-corrected chi connectivity index (χ4v) is 1.19. The van der Waals surface area contributed by atoms with E-state index in [0.29, 0.717) is 5.84 Å². The number of nitrogens with zero attached hydrogens (tertiary/aromatic N) is 1. The van der Waals surface area contributed by atoms with Crippen LogP contribution >= 0.6 is 0 Å². The van der Waals surface area contributed by atoms with Gasteiger partial charge in [0.2, 0.25) is 0 Å². The van der Waals surface area contributed by atoms with Crippen LogP contribution in [0.3, 0.4) is 0 Å². The molecule has 1 aromatic carbocycles. The third kappa shape index (κ3) is 2.27. The smallest absolute Gasteiger partial charge is 0.254 e. The first-order valence-corrected chi connectivity index (χ1v) is 4.84. The van der Waals surface area contributed by atoms with Crippen LogP contribution in [0.4, 0.5) is 0 Å². The molecule has 0 spiro atoms. The largest absolute Gasteiger partial charge is 0.357 e. The molecule has 15 heavy (non-hydrogen) atoms. The van der Waals surface area contributed by atoms with Gasteiger partial charge in [0, 0.05) is 19.4 Å². The summed E-state index contributed by atoms with van der Waals surface area (Å²) in [7, 11) is 0. The molecule has 1 N–H and O–H groups in total. The van der Waals surface area contributed by atoms with Crippen molar-refractivity contribution >= 4 is 5.84 Å². The Morgan fingerprint density at radius 1 is 1.20 bits per heavy atom. The Morgan fingerprint density at radius 2 is 1.87 bits per heavy atom. The zero-order chi connectivity index (χ0) is 10.9. The van der Waals surface area contributed by atoms with Crippen LogP contribution in [-0.2, 0) is 9.68 Å². The van der Waals surface area contributed by atoms with Crippen molar-refractivity contribution in [1.82, 2.24) is 5.48 Å². The van der Waals surface area contributed by atoms with E-state index in [4.69, 9.17) is 9.68 Å². The van der Waals surface area contributed by atoms with Crippen LogP contribution in [0, 0.1) is 6.92 Å². The highest BCUT2D eigenvalue weighted by Crippen LogP contribution is 2.15. The molecular formula is C11H14N2O2. The van der Waals surface area contributed by atoms with Gasteiger partial charge in [0.05, 0.1) is 0 Å². The molecule has 1 aliphatic heterocycles. The van der Waals surface area contributed by atoms with Crippen LogP contribution in [0.1, 0.15) is 25.0 Å². The summed E-state index contributed by atoms with van der Waals surface area (Å²) >= 11 is 0. The zero-order valence-electron chi connectivity index (χ0n) is 9.07. The number of hydrogen-bond donors (Lipinski definition) is 1. The number of oxime groups is 1. The fraction of sp³-hybridized carbons (Fsp3) is 0.364. The first-order chi connectivity index (χ1) is 7.07. The van der Waals surface area contributed by atoms with E-state index >= 15 is 0 Å². The lowest BCUT2D eigenvalue weighted by Crippen LogP contribution is -2.42. The minimum Gasteiger partial charge on any atom is -0.357 e. The Balaban J connectivity index is 2.19. The van der Waals surface area contributed by atoms with Crippen LogP contribution < -0.4 is 5.48 Å². The maximum Gasteiger partial charge on any atom is 0.254 e. The highest BCUT2D eigenvalue weighted by atomic mass is 16.9. The van der Waals surface area contributed by atoms with Crippen molar-refractivity contribution in [2.75, 3.05) is 0 Å². The summed E-state index contributed by atoms with van der Waals surface area (Å²) in [6, 6.07) is 7.96. The summed E-state index contributed by atoms with van der Waals surface area (Å²) in [5, 5.41) is 3.96. The lowest BCUT2D eigenvalue weighted by Gasteiger charge is -2.27. The Hall–Kier alpha value is -1.55. The molecule has 80 valence electrons. The number of hydrogen-bond acceptors (Lipinski definition) is 4. The van der Waals surface area contributed by atoms with E-state index in [9.17, 15) is 0 Å². The molecule has 4 heteroatoms. The Labute approximate surface area is 88.8 Å². The van der Waals surface area contributed by atoms with E-state index in [-0.39, 0.29) is 0 Å². The summed E-state index contributed by atoms with van der Waals surface area (Å²) in [5.74, 6) is -0.122. The van der Waals surface area contributed by atoms with Crippen molar-refractivity contribution in [3.05, 3.63) is 35.4 Å². The van der Waals surface area contributed by atoms with Crippen molar-refractivity contribution < 1.29 is 9.68 Å². The minimum absolute atomic E-state index is 0.592. The first-order valence-electron chi connectivity index (χ1n) is 4.84. The molecule has 0 fully saturated rings. The number of nitrogens with one attached hydrogen (secondary N) is 1. The molecule has 1 heterocycles. The predicted molar refractivity (Wildman–Crippen MR) is 57.1 cm³/mol. The van der Waals surface area contributed by atoms with Crippen molar-refractivity contribution in [3.63, 3.8) is 0 Å². The van der Waals surface area contributed by atoms with Gasteiger partial charge >= 0.3 is 0 Å². The van der Waals surface area contributed by atoms with Gasteiger partial charge in [-0.3, -0.25) is 0 Å². The topological polar surface area (TPSA) is 42.9 Å². The molecule has 0 radical (unpaired) electrons. The SMILES string of the molecule is Cc1ccc(C2=NOC(C)(C)ON2)cc1. The first kappa shape index (κ1) is 9.98. The van der Waals surface area contributed by atoms with E-state index < -0.39 is 5.79 Å². The number of hydroxylamine groups is 1. The second-order valence-electron chi connectivity index (χ2n) is 4.00. The van der Waals surface area contributed by atoms with E-state index in [1.165, 1.54) is 5.56 Å². The third-order valence-electron chi connectivity index (χ3n) is 2.08. The van der Waals surface area contributed by atoms with Gasteiger partial charge in [-0.05, 0) is 6.92 Å². The lowest BCUT2D eigenvalue weighted by molar-refractivity contribution is -0.248. The van der Waals surface area contributed by atoms with E-state index in [0.717, 1.165) is 5.56 Å². The molecule has 1 aromatic rings. The van der Waals surface area contributed by atoms with Crippen molar-refractivity contribution in [3.8, 4) is 0 Å². The highest BCUT2D eigenvalue weighted by Gasteiger charge is 2.26. The summed E-state index contributed by atoms with van der Waals surface area (Å²) in [5.41, 5.74) is 4.92. The predicted octanol–water partition coefficient (Wildman–Crippen LogP) is 1.94. The molecule has 0 atom stereocenters. The minimum atomic E-state index is -0.714. The van der Waals surface area contributed by atoms with Crippen molar-refractivity contribution in [2.45, 2.75) is 26.6 Å². The van der Waals surface area contributed by atoms with Crippen LogP contribution in [0.2, 0.25) is 0 Å². The molecular weight excluding hydrogens is 192 g/mol. The summed E-state index contributed by atoms with van der Waals surface area (Å²) in [6.07, 6.45) is 0. The molecule has 0 bridgehead atoms. The molecule has 0 unspecified atom stereocenters. The lowest BCUT2D eigenvalue weighted by atomic mass is 10.1. The van der Waals surface area contributed by atoms with E-state index in [1.54, 1.807) is 13.8 Å². The van der Waals surface area contributed by atoms with Gasteiger partial charge in [-0.2, -0.15) is 0 Å². The van der Waals surface area contributed by atoms with Gasteiger partial charge < -0.3 is 4.84 Å². The Morgan fingerprint density at radius 3 is 2.40 bits per heavy atom. The third-order valence-corrected chi connectivity index (χ3v) is 2.08. The van der Waals surface area contributed by atoms with Crippen molar-refractivity contribution in [1.29, 1.82) is 0 Å². The highest BCUT2D eigenvalue weighted by molar-refractivity contribution is 5.97. The van der Waals surface area contributed by atoms with Crippen molar-refractivity contribution in [2.24, 2.45) is 5.16 Å². The van der Waals surface area contributed by atoms with Gasteiger partial charge in [-0.15, -0.1) is 0 Å². The quantitative estimate of drug-likeness (QED) is 0.763. The summed E-state index contributed by atoms with van der Waals surface area (Å²) in [4.78, 5) is 10.4. The molecule has 4 nitrogen and oxygen atoms in total. The van der Waals surface area contributed by atoms with Gasteiger partial charge in [0.15, 0.2) is 5.84 Å². The molecule has 0 saturated carbocycles. The van der Waals surface area contributed by atoms with Crippen LogP contribution in [-0.4, -0.2) is 11.6 Å². The van der Waals surface area contributed by atoms with Crippen LogP contribution in [0.5, 0.6) is 0 Å².